The second kappa shape index (κ2) is 20.9. The minimum Gasteiger partial charge on any atom is -0.486 e. The predicted molar refractivity (Wildman–Crippen MR) is 225 cm³/mol. The minimum absolute atomic E-state index is 0.0865. The Labute approximate surface area is 347 Å². The van der Waals surface area contributed by atoms with Crippen molar-refractivity contribution in [3.8, 4) is 16.9 Å². The van der Waals surface area contributed by atoms with Gasteiger partial charge in [0.1, 0.15) is 24.9 Å². The standard InChI is InChI=1S/C47H47N3O8S/c51-38-26-37(27-40-12-7-23-59-40)46(56)50-42(25-33-13-18-35(19-14-33)34-10-5-2-6-11-34)47(57)49-41(22-17-31-8-3-1-4-9-31)43(52)28-36(45(55)48-29-44(53)54)24-32-15-20-39(21-16-32)58-30-38/h1-16,18-21,23,36-37,41-42H,17,22,24-30H2,(H,48,55)(H,49,57)(H,50,56)(H,53,54)/t36-,37+,41+,42-/m1/s1. The third-order valence-corrected chi connectivity index (χ3v) is 11.2. The molecule has 2 aliphatic heterocycles. The lowest BCUT2D eigenvalue weighted by Gasteiger charge is -2.26. The van der Waals surface area contributed by atoms with E-state index in [0.29, 0.717) is 17.7 Å². The van der Waals surface area contributed by atoms with Gasteiger partial charge in [0.25, 0.3) is 0 Å². The van der Waals surface area contributed by atoms with Crippen LogP contribution in [0.4, 0.5) is 0 Å². The molecule has 3 amide bonds. The number of hydrogen-bond donors (Lipinski definition) is 4. The fraction of sp³-hybridized carbons (Fsp3) is 0.277. The SMILES string of the molecule is O=C(O)CNC(=O)[C@H]1CC(=O)[C@H](CCc2ccccc2)NC(=O)[C@@H](Cc2ccc(-c3ccccc3)cc2)NC(=O)[C@H](Cc2cccs2)CC(=O)COc2ccc(cc2)C1. The van der Waals surface area contributed by atoms with Crippen LogP contribution in [0, 0.1) is 11.8 Å². The summed E-state index contributed by atoms with van der Waals surface area (Å²) in [7, 11) is 0. The molecule has 5 aromatic rings. The van der Waals surface area contributed by atoms with Crippen LogP contribution in [0.25, 0.3) is 11.1 Å². The molecule has 0 radical (unpaired) electrons. The lowest BCUT2D eigenvalue weighted by Crippen LogP contribution is -2.54. The Balaban J connectivity index is 1.34. The number of aliphatic carboxylic acids is 1. The smallest absolute Gasteiger partial charge is 0.322 e. The summed E-state index contributed by atoms with van der Waals surface area (Å²) in [6.45, 7) is -0.914. The van der Waals surface area contributed by atoms with Crippen LogP contribution in [-0.4, -0.2) is 65.6 Å². The number of rotatable bonds is 11. The molecule has 0 spiro atoms. The number of carboxylic acid groups (broad SMARTS) is 1. The molecule has 304 valence electrons. The molecule has 4 N–H and O–H groups in total. The Hall–Kier alpha value is -6.40. The summed E-state index contributed by atoms with van der Waals surface area (Å²) in [6, 6.07) is 35.3. The van der Waals surface area contributed by atoms with Gasteiger partial charge in [-0.15, -0.1) is 11.3 Å². The van der Waals surface area contributed by atoms with Gasteiger partial charge in [0, 0.05) is 36.0 Å². The zero-order valence-corrected chi connectivity index (χ0v) is 33.3. The second-order valence-corrected chi connectivity index (χ2v) is 15.8. The van der Waals surface area contributed by atoms with E-state index in [1.807, 2.05) is 102 Å². The molecule has 0 fully saturated rings. The number of ketones is 2. The van der Waals surface area contributed by atoms with E-state index in [0.717, 1.165) is 27.1 Å². The summed E-state index contributed by atoms with van der Waals surface area (Å²) < 4.78 is 5.81. The van der Waals surface area contributed by atoms with Crippen molar-refractivity contribution in [2.45, 2.75) is 57.0 Å². The first-order valence-corrected chi connectivity index (χ1v) is 20.5. The van der Waals surface area contributed by atoms with Gasteiger partial charge in [0.2, 0.25) is 17.7 Å². The monoisotopic (exact) mass is 813 g/mol. The number of thiophene rings is 1. The molecule has 0 aliphatic carbocycles. The number of Topliss-reactive ketones (excluding diaryl/α,β-unsaturated/α-hetero) is 2. The Morgan fingerprint density at radius 2 is 1.37 bits per heavy atom. The Bertz CT molecular complexity index is 2190. The van der Waals surface area contributed by atoms with Crippen molar-refractivity contribution < 1.29 is 38.6 Å². The minimum atomic E-state index is -1.23. The predicted octanol–water partition coefficient (Wildman–Crippen LogP) is 5.79. The fourth-order valence-electron chi connectivity index (χ4n) is 7.12. The van der Waals surface area contributed by atoms with Crippen LogP contribution in [0.1, 0.15) is 40.8 Å². The van der Waals surface area contributed by atoms with Gasteiger partial charge < -0.3 is 25.8 Å². The normalized spacial score (nSPS) is 19.3. The van der Waals surface area contributed by atoms with Crippen molar-refractivity contribution in [2.24, 2.45) is 11.8 Å². The molecule has 0 saturated heterocycles. The van der Waals surface area contributed by atoms with Gasteiger partial charge in [-0.05, 0) is 77.1 Å². The van der Waals surface area contributed by atoms with Crippen LogP contribution in [0.3, 0.4) is 0 Å². The number of nitrogens with one attached hydrogen (secondary N) is 3. The summed E-state index contributed by atoms with van der Waals surface area (Å²) >= 11 is 1.47. The van der Waals surface area contributed by atoms with E-state index in [-0.39, 0.29) is 50.9 Å². The maximum absolute atomic E-state index is 14.5. The van der Waals surface area contributed by atoms with Crippen LogP contribution in [0.2, 0.25) is 0 Å². The Kier molecular flexibility index (Phi) is 14.9. The zero-order valence-electron chi connectivity index (χ0n) is 32.5. The molecule has 4 atom stereocenters. The van der Waals surface area contributed by atoms with E-state index in [9.17, 15) is 33.9 Å². The molecule has 2 aliphatic rings. The average molecular weight is 814 g/mol. The molecule has 3 heterocycles. The van der Waals surface area contributed by atoms with Crippen molar-refractivity contribution in [1.29, 1.82) is 0 Å². The molecule has 4 aromatic carbocycles. The molecule has 59 heavy (non-hydrogen) atoms. The number of hydrogen-bond acceptors (Lipinski definition) is 8. The van der Waals surface area contributed by atoms with Crippen LogP contribution in [-0.2, 0) is 54.5 Å². The number of carbonyl (C=O) groups excluding carboxylic acids is 5. The Morgan fingerprint density at radius 1 is 0.695 bits per heavy atom. The molecule has 0 unspecified atom stereocenters. The number of carboxylic acids is 1. The van der Waals surface area contributed by atoms with Crippen LogP contribution >= 0.6 is 11.3 Å². The van der Waals surface area contributed by atoms with Gasteiger partial charge in [0.15, 0.2) is 11.6 Å². The second-order valence-electron chi connectivity index (χ2n) is 14.8. The summed E-state index contributed by atoms with van der Waals surface area (Å²) in [5, 5.41) is 19.5. The third-order valence-electron chi connectivity index (χ3n) is 10.3. The van der Waals surface area contributed by atoms with Crippen molar-refractivity contribution in [1.82, 2.24) is 16.0 Å². The lowest BCUT2D eigenvalue weighted by molar-refractivity contribution is -0.139. The first-order valence-electron chi connectivity index (χ1n) is 19.7. The van der Waals surface area contributed by atoms with Crippen LogP contribution < -0.4 is 20.7 Å². The molecule has 12 heteroatoms. The molecule has 7 rings (SSSR count). The van der Waals surface area contributed by atoms with E-state index < -0.39 is 59.9 Å². The van der Waals surface area contributed by atoms with Gasteiger partial charge in [-0.1, -0.05) is 103 Å². The third kappa shape index (κ3) is 12.8. The number of aryl methyl sites for hydroxylation is 1. The maximum Gasteiger partial charge on any atom is 0.322 e. The molecule has 1 aromatic heterocycles. The number of ether oxygens (including phenoxy) is 1. The van der Waals surface area contributed by atoms with Crippen molar-refractivity contribution >= 4 is 46.6 Å². The van der Waals surface area contributed by atoms with Gasteiger partial charge >= 0.3 is 5.97 Å². The maximum atomic E-state index is 14.5. The highest BCUT2D eigenvalue weighted by molar-refractivity contribution is 7.09. The molecule has 2 bridgehead atoms. The largest absolute Gasteiger partial charge is 0.486 e. The molecule has 11 nitrogen and oxygen atoms in total. The lowest BCUT2D eigenvalue weighted by atomic mass is 9.89. The van der Waals surface area contributed by atoms with Crippen molar-refractivity contribution in [2.75, 3.05) is 13.2 Å². The highest BCUT2D eigenvalue weighted by atomic mass is 32.1. The molecular formula is C47H47N3O8S. The number of fused-ring (bicyclic) bond motifs is 16. The van der Waals surface area contributed by atoms with Crippen molar-refractivity contribution in [3.63, 3.8) is 0 Å². The topological polar surface area (TPSA) is 168 Å². The summed E-state index contributed by atoms with van der Waals surface area (Å²) in [6.07, 6.45) is 0.657. The summed E-state index contributed by atoms with van der Waals surface area (Å²) in [5.74, 6) is -5.04. The number of benzene rings is 4. The van der Waals surface area contributed by atoms with E-state index in [2.05, 4.69) is 16.0 Å². The van der Waals surface area contributed by atoms with Crippen molar-refractivity contribution in [3.05, 3.63) is 148 Å². The highest BCUT2D eigenvalue weighted by Gasteiger charge is 2.33. The fourth-order valence-corrected chi connectivity index (χ4v) is 7.91. The van der Waals surface area contributed by atoms with Crippen LogP contribution in [0.15, 0.2) is 127 Å². The van der Waals surface area contributed by atoms with E-state index in [1.54, 1.807) is 24.3 Å². The number of carbonyl (C=O) groups is 6. The first-order chi connectivity index (χ1) is 28.6. The van der Waals surface area contributed by atoms with E-state index in [4.69, 9.17) is 4.74 Å². The zero-order chi connectivity index (χ0) is 41.6. The van der Waals surface area contributed by atoms with E-state index >= 15 is 0 Å². The molecule has 0 saturated carbocycles. The highest BCUT2D eigenvalue weighted by Crippen LogP contribution is 2.23. The Morgan fingerprint density at radius 3 is 2.05 bits per heavy atom. The van der Waals surface area contributed by atoms with Gasteiger partial charge in [0.05, 0.1) is 6.04 Å². The van der Waals surface area contributed by atoms with E-state index in [1.165, 1.54) is 11.3 Å². The summed E-state index contributed by atoms with van der Waals surface area (Å²) in [4.78, 5) is 82.2. The first kappa shape index (κ1) is 42.2. The molecular weight excluding hydrogens is 767 g/mol. The number of amides is 3. The van der Waals surface area contributed by atoms with Gasteiger partial charge in [-0.25, -0.2) is 0 Å². The van der Waals surface area contributed by atoms with Crippen LogP contribution in [0.5, 0.6) is 5.75 Å². The van der Waals surface area contributed by atoms with Gasteiger partial charge in [-0.2, -0.15) is 0 Å². The summed E-state index contributed by atoms with van der Waals surface area (Å²) in [5.41, 5.74) is 4.37. The average Bonchev–Trinajstić information content (AvgIpc) is 3.77. The van der Waals surface area contributed by atoms with Gasteiger partial charge in [-0.3, -0.25) is 28.8 Å². The quantitative estimate of drug-likeness (QED) is 0.130.